The average molecular weight is 239 g/mol. The lowest BCUT2D eigenvalue weighted by molar-refractivity contribution is 0.220. The predicted octanol–water partition coefficient (Wildman–Crippen LogP) is 1.96. The molecule has 1 aromatic heterocycles. The summed E-state index contributed by atoms with van der Waals surface area (Å²) in [5.74, 6) is 2.56. The molecule has 88 valence electrons. The summed E-state index contributed by atoms with van der Waals surface area (Å²) in [6.45, 7) is 1.81. The van der Waals surface area contributed by atoms with E-state index in [-0.39, 0.29) is 6.10 Å². The molecule has 0 spiro atoms. The van der Waals surface area contributed by atoms with Crippen LogP contribution in [-0.4, -0.2) is 31.7 Å². The summed E-state index contributed by atoms with van der Waals surface area (Å²) in [6.07, 6.45) is 4.79. The molecule has 2 aliphatic rings. The molecule has 2 aliphatic carbocycles. The highest BCUT2D eigenvalue weighted by atomic mass is 32.2. The monoisotopic (exact) mass is 239 g/mol. The smallest absolute Gasteiger partial charge is 0.191 e. The molecule has 0 radical (unpaired) electrons. The number of aliphatic hydroxyl groups excluding tert-OH is 1. The fourth-order valence-corrected chi connectivity index (χ4v) is 2.75. The minimum atomic E-state index is -0.279. The van der Waals surface area contributed by atoms with Crippen molar-refractivity contribution < 1.29 is 5.11 Å². The Balaban J connectivity index is 1.80. The summed E-state index contributed by atoms with van der Waals surface area (Å²) in [6, 6.07) is 0.641. The van der Waals surface area contributed by atoms with Crippen LogP contribution in [0.2, 0.25) is 0 Å². The van der Waals surface area contributed by atoms with Gasteiger partial charge in [-0.2, -0.15) is 0 Å². The molecule has 5 heteroatoms. The molecule has 0 aliphatic heterocycles. The molecular formula is C11H17N3OS. The van der Waals surface area contributed by atoms with E-state index in [1.807, 2.05) is 6.92 Å². The van der Waals surface area contributed by atoms with Crippen LogP contribution in [0.1, 0.15) is 50.4 Å². The number of thioether (sulfide) groups is 1. The topological polar surface area (TPSA) is 50.9 Å². The average Bonchev–Trinajstić information content (AvgIpc) is 3.13. The van der Waals surface area contributed by atoms with Crippen LogP contribution in [0.15, 0.2) is 5.16 Å². The third kappa shape index (κ3) is 2.11. The normalized spacial score (nSPS) is 22.4. The van der Waals surface area contributed by atoms with Gasteiger partial charge in [-0.1, -0.05) is 11.8 Å². The highest BCUT2D eigenvalue weighted by Crippen LogP contribution is 2.45. The second kappa shape index (κ2) is 4.04. The van der Waals surface area contributed by atoms with E-state index in [4.69, 9.17) is 0 Å². The lowest BCUT2D eigenvalue weighted by Gasteiger charge is -2.08. The molecule has 3 rings (SSSR count). The zero-order valence-corrected chi connectivity index (χ0v) is 10.3. The number of hydrogen-bond donors (Lipinski definition) is 1. The molecule has 0 aromatic carbocycles. The van der Waals surface area contributed by atoms with E-state index in [0.717, 1.165) is 5.16 Å². The molecule has 2 saturated carbocycles. The second-order valence-corrected chi connectivity index (χ2v) is 5.86. The minimum Gasteiger partial charge on any atom is -0.393 e. The molecule has 1 aromatic rings. The minimum absolute atomic E-state index is 0.279. The van der Waals surface area contributed by atoms with Gasteiger partial charge in [0.2, 0.25) is 0 Å². The number of rotatable bonds is 5. The first-order chi connectivity index (χ1) is 7.75. The quantitative estimate of drug-likeness (QED) is 0.798. The zero-order valence-electron chi connectivity index (χ0n) is 9.46. The van der Waals surface area contributed by atoms with Crippen molar-refractivity contribution in [2.24, 2.45) is 0 Å². The van der Waals surface area contributed by atoms with Crippen LogP contribution in [-0.2, 0) is 0 Å². The van der Waals surface area contributed by atoms with Gasteiger partial charge in [-0.05, 0) is 32.6 Å². The summed E-state index contributed by atoms with van der Waals surface area (Å²) in [4.78, 5) is 0. The Kier molecular flexibility index (Phi) is 2.67. The van der Waals surface area contributed by atoms with Gasteiger partial charge in [-0.3, -0.25) is 0 Å². The van der Waals surface area contributed by atoms with Crippen molar-refractivity contribution in [2.75, 3.05) is 5.75 Å². The largest absolute Gasteiger partial charge is 0.393 e. The Labute approximate surface area is 99.4 Å². The van der Waals surface area contributed by atoms with Crippen LogP contribution in [0.4, 0.5) is 0 Å². The molecule has 1 N–H and O–H groups in total. The van der Waals surface area contributed by atoms with Crippen LogP contribution in [0.3, 0.4) is 0 Å². The summed E-state index contributed by atoms with van der Waals surface area (Å²) in [5.41, 5.74) is 0. The van der Waals surface area contributed by atoms with Gasteiger partial charge in [-0.15, -0.1) is 10.2 Å². The van der Waals surface area contributed by atoms with Crippen molar-refractivity contribution in [1.29, 1.82) is 0 Å². The van der Waals surface area contributed by atoms with Gasteiger partial charge in [0, 0.05) is 17.7 Å². The fourth-order valence-electron chi connectivity index (χ4n) is 1.88. The molecule has 16 heavy (non-hydrogen) atoms. The maximum atomic E-state index is 9.31. The third-order valence-corrected chi connectivity index (χ3v) is 4.18. The first-order valence-corrected chi connectivity index (χ1v) is 7.00. The summed E-state index contributed by atoms with van der Waals surface area (Å²) in [7, 11) is 0. The highest BCUT2D eigenvalue weighted by Gasteiger charge is 2.36. The van der Waals surface area contributed by atoms with E-state index < -0.39 is 0 Å². The standard InChI is InChI=1S/C11H17N3OS/c1-7(15)6-16-11-13-12-10(8-2-3-8)14(11)9-4-5-9/h7-9,15H,2-6H2,1H3/t7-/m1/s1. The SMILES string of the molecule is C[C@@H](O)CSc1nnc(C2CC2)n1C1CC1. The fraction of sp³-hybridized carbons (Fsp3) is 0.818. The Bertz CT molecular complexity index is 383. The van der Waals surface area contributed by atoms with Crippen molar-refractivity contribution in [2.45, 2.75) is 55.8 Å². The number of nitrogens with zero attached hydrogens (tertiary/aromatic N) is 3. The van der Waals surface area contributed by atoms with Crippen molar-refractivity contribution in [3.05, 3.63) is 5.82 Å². The molecule has 2 fully saturated rings. The number of aromatic nitrogens is 3. The zero-order chi connectivity index (χ0) is 11.1. The number of hydrogen-bond acceptors (Lipinski definition) is 4. The molecule has 4 nitrogen and oxygen atoms in total. The van der Waals surface area contributed by atoms with Gasteiger partial charge in [0.25, 0.3) is 0 Å². The third-order valence-electron chi connectivity index (χ3n) is 3.00. The first kappa shape index (κ1) is 10.6. The first-order valence-electron chi connectivity index (χ1n) is 6.01. The lowest BCUT2D eigenvalue weighted by Crippen LogP contribution is -2.06. The predicted molar refractivity (Wildman–Crippen MR) is 62.7 cm³/mol. The van der Waals surface area contributed by atoms with Gasteiger partial charge >= 0.3 is 0 Å². The Morgan fingerprint density at radius 3 is 2.69 bits per heavy atom. The Morgan fingerprint density at radius 1 is 1.38 bits per heavy atom. The Morgan fingerprint density at radius 2 is 2.12 bits per heavy atom. The van der Waals surface area contributed by atoms with Crippen LogP contribution in [0.25, 0.3) is 0 Å². The van der Waals surface area contributed by atoms with E-state index >= 15 is 0 Å². The van der Waals surface area contributed by atoms with E-state index in [1.165, 1.54) is 31.5 Å². The molecular weight excluding hydrogens is 222 g/mol. The van der Waals surface area contributed by atoms with Gasteiger partial charge in [0.15, 0.2) is 5.16 Å². The van der Waals surface area contributed by atoms with Crippen molar-refractivity contribution in [3.63, 3.8) is 0 Å². The van der Waals surface area contributed by atoms with Gasteiger partial charge in [0.1, 0.15) is 5.82 Å². The van der Waals surface area contributed by atoms with E-state index in [2.05, 4.69) is 14.8 Å². The van der Waals surface area contributed by atoms with Crippen LogP contribution >= 0.6 is 11.8 Å². The molecule has 0 bridgehead atoms. The second-order valence-electron chi connectivity index (χ2n) is 4.88. The van der Waals surface area contributed by atoms with E-state index in [9.17, 15) is 5.11 Å². The van der Waals surface area contributed by atoms with E-state index in [0.29, 0.717) is 17.7 Å². The lowest BCUT2D eigenvalue weighted by atomic mass is 10.4. The van der Waals surface area contributed by atoms with E-state index in [1.54, 1.807) is 11.8 Å². The van der Waals surface area contributed by atoms with Crippen LogP contribution in [0.5, 0.6) is 0 Å². The molecule has 1 heterocycles. The van der Waals surface area contributed by atoms with Gasteiger partial charge in [-0.25, -0.2) is 0 Å². The molecule has 0 amide bonds. The van der Waals surface area contributed by atoms with Crippen molar-refractivity contribution >= 4 is 11.8 Å². The summed E-state index contributed by atoms with van der Waals surface area (Å²) >= 11 is 1.63. The van der Waals surface area contributed by atoms with Crippen LogP contribution in [0, 0.1) is 0 Å². The van der Waals surface area contributed by atoms with Crippen LogP contribution < -0.4 is 0 Å². The maximum Gasteiger partial charge on any atom is 0.191 e. The summed E-state index contributed by atoms with van der Waals surface area (Å²) in [5, 5.41) is 18.9. The molecule has 0 unspecified atom stereocenters. The highest BCUT2D eigenvalue weighted by molar-refractivity contribution is 7.99. The number of aliphatic hydroxyl groups is 1. The van der Waals surface area contributed by atoms with Gasteiger partial charge < -0.3 is 9.67 Å². The van der Waals surface area contributed by atoms with Crippen molar-refractivity contribution in [3.8, 4) is 0 Å². The molecule has 1 atom stereocenters. The van der Waals surface area contributed by atoms with Crippen molar-refractivity contribution in [1.82, 2.24) is 14.8 Å². The maximum absolute atomic E-state index is 9.31. The van der Waals surface area contributed by atoms with Gasteiger partial charge in [0.05, 0.1) is 6.10 Å². The Hall–Kier alpha value is -0.550. The molecule has 0 saturated heterocycles. The summed E-state index contributed by atoms with van der Waals surface area (Å²) < 4.78 is 2.32.